The van der Waals surface area contributed by atoms with Gasteiger partial charge in [0.15, 0.2) is 0 Å². The monoisotopic (exact) mass is 281 g/mol. The molecule has 1 heterocycles. The summed E-state index contributed by atoms with van der Waals surface area (Å²) in [7, 11) is 0. The summed E-state index contributed by atoms with van der Waals surface area (Å²) in [6.07, 6.45) is 0. The lowest BCUT2D eigenvalue weighted by atomic mass is 10.1. The van der Waals surface area contributed by atoms with E-state index in [1.54, 1.807) is 25.1 Å². The number of nitrogens with zero attached hydrogens (tertiary/aromatic N) is 1. The second kappa shape index (κ2) is 5.28. The molecule has 5 nitrogen and oxygen atoms in total. The Hall–Kier alpha value is -2.82. The van der Waals surface area contributed by atoms with Crippen LogP contribution in [0.1, 0.15) is 21.7 Å². The third-order valence-corrected chi connectivity index (χ3v) is 3.34. The third-order valence-electron chi connectivity index (χ3n) is 3.34. The summed E-state index contributed by atoms with van der Waals surface area (Å²) < 4.78 is 0. The maximum atomic E-state index is 12.1. The molecule has 0 aliphatic rings. The van der Waals surface area contributed by atoms with Gasteiger partial charge in [-0.2, -0.15) is 0 Å². The van der Waals surface area contributed by atoms with E-state index in [-0.39, 0.29) is 23.8 Å². The maximum absolute atomic E-state index is 12.1. The van der Waals surface area contributed by atoms with Crippen molar-refractivity contribution in [2.45, 2.75) is 13.5 Å². The highest BCUT2D eigenvalue weighted by Gasteiger charge is 2.12. The van der Waals surface area contributed by atoms with Gasteiger partial charge in [0.25, 0.3) is 5.91 Å². The Morgan fingerprint density at radius 3 is 2.86 bits per heavy atom. The number of carbonyl (C=O) groups excluding carboxylic acids is 1. The predicted octanol–water partition coefficient (Wildman–Crippen LogP) is 2.51. The van der Waals surface area contributed by atoms with E-state index in [9.17, 15) is 9.90 Å². The number of hydrogen-bond acceptors (Lipinski definition) is 3. The van der Waals surface area contributed by atoms with E-state index in [1.807, 2.05) is 24.3 Å². The van der Waals surface area contributed by atoms with Crippen molar-refractivity contribution in [3.63, 3.8) is 0 Å². The molecule has 0 bridgehead atoms. The normalized spacial score (nSPS) is 10.7. The van der Waals surface area contributed by atoms with Gasteiger partial charge in [-0.05, 0) is 30.7 Å². The first kappa shape index (κ1) is 13.2. The minimum atomic E-state index is -0.323. The Kier molecular flexibility index (Phi) is 3.31. The topological polar surface area (TPSA) is 78.0 Å². The molecule has 106 valence electrons. The van der Waals surface area contributed by atoms with Crippen LogP contribution in [0.2, 0.25) is 0 Å². The average Bonchev–Trinajstić information content (AvgIpc) is 2.90. The lowest BCUT2D eigenvalue weighted by Crippen LogP contribution is -2.23. The molecule has 0 saturated heterocycles. The number of H-pyrrole nitrogens is 1. The van der Waals surface area contributed by atoms with Gasteiger partial charge < -0.3 is 15.4 Å². The fourth-order valence-corrected chi connectivity index (χ4v) is 2.19. The molecular weight excluding hydrogens is 266 g/mol. The minimum Gasteiger partial charge on any atom is -0.507 e. The van der Waals surface area contributed by atoms with Crippen molar-refractivity contribution >= 4 is 16.9 Å². The highest BCUT2D eigenvalue weighted by atomic mass is 16.3. The Balaban J connectivity index is 1.75. The number of para-hydroxylation sites is 3. The van der Waals surface area contributed by atoms with Crippen molar-refractivity contribution in [2.75, 3.05) is 0 Å². The average molecular weight is 281 g/mol. The second-order valence-corrected chi connectivity index (χ2v) is 4.85. The van der Waals surface area contributed by atoms with Crippen LogP contribution in [-0.4, -0.2) is 21.0 Å². The number of aromatic amines is 1. The first-order chi connectivity index (χ1) is 10.1. The largest absolute Gasteiger partial charge is 0.507 e. The van der Waals surface area contributed by atoms with Gasteiger partial charge in [0, 0.05) is 0 Å². The van der Waals surface area contributed by atoms with Gasteiger partial charge in [-0.25, -0.2) is 4.98 Å². The Labute approximate surface area is 121 Å². The maximum Gasteiger partial charge on any atom is 0.255 e. The van der Waals surface area contributed by atoms with E-state index in [2.05, 4.69) is 15.3 Å². The standard InChI is InChI=1S/C16H15N3O2/c1-10-5-4-6-11(15(10)20)16(21)17-9-14-18-12-7-2-3-8-13(12)19-14/h2-8,20H,9H2,1H3,(H,17,21)(H,18,19). The number of nitrogens with one attached hydrogen (secondary N) is 2. The van der Waals surface area contributed by atoms with Crippen LogP contribution in [0, 0.1) is 6.92 Å². The Morgan fingerprint density at radius 2 is 2.05 bits per heavy atom. The summed E-state index contributed by atoms with van der Waals surface area (Å²) in [5, 5.41) is 12.6. The van der Waals surface area contributed by atoms with Crippen LogP contribution in [-0.2, 0) is 6.54 Å². The number of aryl methyl sites for hydroxylation is 1. The number of phenolic OH excluding ortho intramolecular Hbond substituents is 1. The number of benzene rings is 2. The molecule has 3 N–H and O–H groups in total. The molecule has 3 aromatic rings. The number of aromatic hydroxyl groups is 1. The number of phenols is 1. The molecule has 1 amide bonds. The SMILES string of the molecule is Cc1cccc(C(=O)NCc2nc3ccccc3[nH]2)c1O. The van der Waals surface area contributed by atoms with Crippen LogP contribution in [0.5, 0.6) is 5.75 Å². The summed E-state index contributed by atoms with van der Waals surface area (Å²) in [6, 6.07) is 12.8. The summed E-state index contributed by atoms with van der Waals surface area (Å²) in [4.78, 5) is 19.6. The molecule has 3 rings (SSSR count). The van der Waals surface area contributed by atoms with Crippen LogP contribution in [0.15, 0.2) is 42.5 Å². The number of carbonyl (C=O) groups is 1. The molecule has 21 heavy (non-hydrogen) atoms. The van der Waals surface area contributed by atoms with Crippen molar-refractivity contribution < 1.29 is 9.90 Å². The number of rotatable bonds is 3. The second-order valence-electron chi connectivity index (χ2n) is 4.85. The van der Waals surface area contributed by atoms with E-state index < -0.39 is 0 Å². The molecule has 0 radical (unpaired) electrons. The third kappa shape index (κ3) is 2.58. The van der Waals surface area contributed by atoms with Crippen LogP contribution in [0.25, 0.3) is 11.0 Å². The van der Waals surface area contributed by atoms with Crippen LogP contribution in [0.4, 0.5) is 0 Å². The van der Waals surface area contributed by atoms with Gasteiger partial charge in [0.1, 0.15) is 11.6 Å². The lowest BCUT2D eigenvalue weighted by Gasteiger charge is -2.07. The fraction of sp³-hybridized carbons (Fsp3) is 0.125. The quantitative estimate of drug-likeness (QED) is 0.690. The van der Waals surface area contributed by atoms with Gasteiger partial charge in [0.2, 0.25) is 0 Å². The van der Waals surface area contributed by atoms with Gasteiger partial charge >= 0.3 is 0 Å². The first-order valence-corrected chi connectivity index (χ1v) is 6.65. The summed E-state index contributed by atoms with van der Waals surface area (Å²) in [5.41, 5.74) is 2.73. The van der Waals surface area contributed by atoms with Crippen molar-refractivity contribution in [2.24, 2.45) is 0 Å². The highest BCUT2D eigenvalue weighted by molar-refractivity contribution is 5.97. The first-order valence-electron chi connectivity index (χ1n) is 6.65. The molecule has 5 heteroatoms. The molecule has 0 aliphatic carbocycles. The molecule has 0 atom stereocenters. The molecule has 0 spiro atoms. The zero-order chi connectivity index (χ0) is 14.8. The number of amides is 1. The summed E-state index contributed by atoms with van der Waals surface area (Å²) in [5.74, 6) is 0.368. The number of fused-ring (bicyclic) bond motifs is 1. The smallest absolute Gasteiger partial charge is 0.255 e. The molecular formula is C16H15N3O2. The van der Waals surface area contributed by atoms with Gasteiger partial charge in [-0.3, -0.25) is 4.79 Å². The zero-order valence-electron chi connectivity index (χ0n) is 11.6. The predicted molar refractivity (Wildman–Crippen MR) is 80.1 cm³/mol. The van der Waals surface area contributed by atoms with Crippen LogP contribution >= 0.6 is 0 Å². The van der Waals surface area contributed by atoms with Crippen LogP contribution in [0.3, 0.4) is 0 Å². The zero-order valence-corrected chi connectivity index (χ0v) is 11.6. The van der Waals surface area contributed by atoms with E-state index in [1.165, 1.54) is 0 Å². The van der Waals surface area contributed by atoms with Crippen molar-refractivity contribution in [1.29, 1.82) is 0 Å². The number of imidazole rings is 1. The Morgan fingerprint density at radius 1 is 1.24 bits per heavy atom. The highest BCUT2D eigenvalue weighted by Crippen LogP contribution is 2.21. The Bertz CT molecular complexity index is 775. The van der Waals surface area contributed by atoms with E-state index in [0.717, 1.165) is 11.0 Å². The van der Waals surface area contributed by atoms with Crippen molar-refractivity contribution in [3.05, 3.63) is 59.4 Å². The number of aromatic nitrogens is 2. The number of hydrogen-bond donors (Lipinski definition) is 3. The molecule has 0 fully saturated rings. The lowest BCUT2D eigenvalue weighted by molar-refractivity contribution is 0.0947. The molecule has 0 aliphatic heterocycles. The molecule has 0 saturated carbocycles. The summed E-state index contributed by atoms with van der Waals surface area (Å²) in [6.45, 7) is 2.03. The van der Waals surface area contributed by atoms with E-state index in [4.69, 9.17) is 0 Å². The summed E-state index contributed by atoms with van der Waals surface area (Å²) >= 11 is 0. The van der Waals surface area contributed by atoms with Gasteiger partial charge in [-0.1, -0.05) is 24.3 Å². The molecule has 1 aromatic heterocycles. The minimum absolute atomic E-state index is 0.0135. The van der Waals surface area contributed by atoms with E-state index in [0.29, 0.717) is 11.4 Å². The van der Waals surface area contributed by atoms with E-state index >= 15 is 0 Å². The van der Waals surface area contributed by atoms with Crippen molar-refractivity contribution in [1.82, 2.24) is 15.3 Å². The van der Waals surface area contributed by atoms with Crippen molar-refractivity contribution in [3.8, 4) is 5.75 Å². The molecule has 0 unspecified atom stereocenters. The fourth-order valence-electron chi connectivity index (χ4n) is 2.19. The van der Waals surface area contributed by atoms with Gasteiger partial charge in [0.05, 0.1) is 23.1 Å². The van der Waals surface area contributed by atoms with Gasteiger partial charge in [-0.15, -0.1) is 0 Å². The van der Waals surface area contributed by atoms with Crippen LogP contribution < -0.4 is 5.32 Å². The molecule has 2 aromatic carbocycles.